The van der Waals surface area contributed by atoms with E-state index in [1.54, 1.807) is 6.92 Å². The minimum atomic E-state index is -2.13. The van der Waals surface area contributed by atoms with Gasteiger partial charge in [0.05, 0.1) is 0 Å². The molecule has 14 heavy (non-hydrogen) atoms. The highest BCUT2D eigenvalue weighted by Crippen LogP contribution is 2.15. The summed E-state index contributed by atoms with van der Waals surface area (Å²) >= 11 is 0. The predicted octanol–water partition coefficient (Wildman–Crippen LogP) is 3.66. The van der Waals surface area contributed by atoms with Crippen molar-refractivity contribution in [1.29, 1.82) is 5.41 Å². The molecular weight excluding hydrogens is 170 g/mol. The van der Waals surface area contributed by atoms with E-state index in [4.69, 9.17) is 9.52 Å². The van der Waals surface area contributed by atoms with Crippen molar-refractivity contribution in [3.8, 4) is 0 Å². The van der Waals surface area contributed by atoms with Gasteiger partial charge in [-0.15, -0.1) is 0 Å². The number of allylic oxidation sites excluding steroid dienone is 1. The maximum Gasteiger partial charge on any atom is 0.0392 e. The van der Waals surface area contributed by atoms with Crippen molar-refractivity contribution in [3.63, 3.8) is 0 Å². The van der Waals surface area contributed by atoms with Crippen molar-refractivity contribution >= 4 is 5.71 Å². The monoisotopic (exact) mass is 190 g/mol. The summed E-state index contributed by atoms with van der Waals surface area (Å²) in [5.74, 6) is -0.213. The van der Waals surface area contributed by atoms with Gasteiger partial charge in [-0.3, -0.25) is 0 Å². The van der Waals surface area contributed by atoms with E-state index in [9.17, 15) is 0 Å². The van der Waals surface area contributed by atoms with E-state index >= 15 is 0 Å². The van der Waals surface area contributed by atoms with Crippen molar-refractivity contribution in [2.75, 3.05) is 0 Å². The Hall–Kier alpha value is -1.37. The lowest BCUT2D eigenvalue weighted by atomic mass is 9.94. The molecule has 0 heterocycles. The Morgan fingerprint density at radius 3 is 2.71 bits per heavy atom. The highest BCUT2D eigenvalue weighted by Gasteiger charge is 2.07. The van der Waals surface area contributed by atoms with Crippen LogP contribution in [-0.4, -0.2) is 5.71 Å². The number of nitrogens with one attached hydrogen (secondary N) is 1. The van der Waals surface area contributed by atoms with Crippen LogP contribution in [0.3, 0.4) is 0 Å². The molecule has 1 aromatic carbocycles. The molecule has 0 aromatic heterocycles. The van der Waals surface area contributed by atoms with Crippen molar-refractivity contribution in [3.05, 3.63) is 48.0 Å². The lowest BCUT2D eigenvalue weighted by molar-refractivity contribution is 0.717. The van der Waals surface area contributed by atoms with E-state index in [2.05, 4.69) is 6.58 Å². The van der Waals surface area contributed by atoms with Gasteiger partial charge in [-0.25, -0.2) is 0 Å². The molecule has 0 radical (unpaired) electrons. The summed E-state index contributed by atoms with van der Waals surface area (Å²) in [5.41, 5.74) is 1.50. The zero-order valence-corrected chi connectivity index (χ0v) is 8.38. The Kier molecular flexibility index (Phi) is 2.37. The van der Waals surface area contributed by atoms with Gasteiger partial charge in [-0.2, -0.15) is 0 Å². The van der Waals surface area contributed by atoms with E-state index in [1.807, 2.05) is 30.3 Å². The Labute approximate surface area is 90.2 Å². The van der Waals surface area contributed by atoms with Gasteiger partial charge >= 0.3 is 0 Å². The molecule has 0 fully saturated rings. The summed E-state index contributed by atoms with van der Waals surface area (Å²) in [6, 6.07) is 9.34. The first kappa shape index (κ1) is 6.99. The molecule has 1 heteroatoms. The quantitative estimate of drug-likeness (QED) is 0.553. The summed E-state index contributed by atoms with van der Waals surface area (Å²) in [6.45, 7) is 3.28. The number of hydrogen-bond acceptors (Lipinski definition) is 1. The maximum absolute atomic E-state index is 7.93. The number of benzene rings is 1. The van der Waals surface area contributed by atoms with Crippen LogP contribution in [0.2, 0.25) is 0 Å². The molecule has 0 bridgehead atoms. The Bertz CT molecular complexity index is 406. The Balaban J connectivity index is 2.68. The van der Waals surface area contributed by atoms with Gasteiger partial charge in [-0.1, -0.05) is 49.4 Å². The van der Waals surface area contributed by atoms with Gasteiger partial charge in [0.2, 0.25) is 0 Å². The van der Waals surface area contributed by atoms with Crippen molar-refractivity contribution in [1.82, 2.24) is 0 Å². The fraction of sp³-hybridized carbons (Fsp3) is 0.308. The van der Waals surface area contributed by atoms with Crippen LogP contribution in [0.1, 0.15) is 29.9 Å². The predicted molar refractivity (Wildman–Crippen MR) is 61.9 cm³/mol. The van der Waals surface area contributed by atoms with E-state index < -0.39 is 6.85 Å². The van der Waals surface area contributed by atoms with Crippen LogP contribution in [-0.2, 0) is 0 Å². The third kappa shape index (κ3) is 2.84. The molecule has 0 amide bonds. The molecule has 0 saturated carbocycles. The second kappa shape index (κ2) is 4.75. The molecule has 0 aliphatic carbocycles. The SMILES string of the molecule is [2H]C([2H])([2H])C(=C)C(C)CC(=N)c1ccccc1. The first-order valence-corrected chi connectivity index (χ1v) is 4.64. The average Bonchev–Trinajstić information content (AvgIpc) is 2.27. The van der Waals surface area contributed by atoms with Crippen LogP contribution >= 0.6 is 0 Å². The first-order valence-electron chi connectivity index (χ1n) is 6.14. The molecule has 1 nitrogen and oxygen atoms in total. The lowest BCUT2D eigenvalue weighted by Gasteiger charge is -2.11. The minimum absolute atomic E-state index is 0.213. The van der Waals surface area contributed by atoms with Crippen molar-refractivity contribution < 1.29 is 4.11 Å². The average molecular weight is 190 g/mol. The van der Waals surface area contributed by atoms with Crippen LogP contribution in [0.4, 0.5) is 0 Å². The van der Waals surface area contributed by atoms with Crippen LogP contribution in [0, 0.1) is 11.3 Å². The standard InChI is InChI=1S/C13H17N/c1-10(2)11(3)9-13(14)12-7-5-4-6-8-12/h4-8,11,14H,1,9H2,2-3H3/i2D3. The van der Waals surface area contributed by atoms with Crippen LogP contribution < -0.4 is 0 Å². The molecular formula is C13H17N. The number of rotatable bonds is 4. The summed E-state index contributed by atoms with van der Waals surface area (Å²) in [6.07, 6.45) is 0.404. The lowest BCUT2D eigenvalue weighted by Crippen LogP contribution is -2.06. The smallest absolute Gasteiger partial charge is 0.0392 e. The summed E-state index contributed by atoms with van der Waals surface area (Å²) < 4.78 is 21.8. The van der Waals surface area contributed by atoms with Crippen LogP contribution in [0.25, 0.3) is 0 Å². The van der Waals surface area contributed by atoms with Crippen LogP contribution in [0.5, 0.6) is 0 Å². The third-order valence-electron chi connectivity index (χ3n) is 2.23. The topological polar surface area (TPSA) is 23.9 Å². The van der Waals surface area contributed by atoms with Crippen molar-refractivity contribution in [2.45, 2.75) is 20.2 Å². The van der Waals surface area contributed by atoms with Gasteiger partial charge in [0.25, 0.3) is 0 Å². The highest BCUT2D eigenvalue weighted by atomic mass is 14.4. The fourth-order valence-corrected chi connectivity index (χ4v) is 1.19. The van der Waals surface area contributed by atoms with Gasteiger partial charge in [-0.05, 0) is 24.8 Å². The molecule has 1 aromatic rings. The van der Waals surface area contributed by atoms with Gasteiger partial charge in [0, 0.05) is 9.82 Å². The fourth-order valence-electron chi connectivity index (χ4n) is 1.19. The minimum Gasteiger partial charge on any atom is -0.305 e. The second-order valence-electron chi connectivity index (χ2n) is 3.47. The first-order chi connectivity index (χ1) is 7.82. The molecule has 74 valence electrons. The molecule has 1 N–H and O–H groups in total. The van der Waals surface area contributed by atoms with E-state index in [0.717, 1.165) is 5.56 Å². The molecule has 1 unspecified atom stereocenters. The maximum atomic E-state index is 7.93. The highest BCUT2D eigenvalue weighted by molar-refractivity contribution is 5.98. The molecule has 0 aliphatic heterocycles. The largest absolute Gasteiger partial charge is 0.305 e. The molecule has 0 spiro atoms. The van der Waals surface area contributed by atoms with Gasteiger partial charge < -0.3 is 5.41 Å². The van der Waals surface area contributed by atoms with Gasteiger partial charge in [0.1, 0.15) is 0 Å². The third-order valence-corrected chi connectivity index (χ3v) is 2.23. The van der Waals surface area contributed by atoms with Crippen LogP contribution in [0.15, 0.2) is 42.5 Å². The Morgan fingerprint density at radius 2 is 2.14 bits per heavy atom. The molecule has 1 rings (SSSR count). The van der Waals surface area contributed by atoms with Gasteiger partial charge in [0.15, 0.2) is 0 Å². The summed E-state index contributed by atoms with van der Waals surface area (Å²) in [5, 5.41) is 7.93. The van der Waals surface area contributed by atoms with E-state index in [-0.39, 0.29) is 11.5 Å². The Morgan fingerprint density at radius 1 is 1.50 bits per heavy atom. The summed E-state index contributed by atoms with van der Waals surface area (Å²) in [7, 11) is 0. The van der Waals surface area contributed by atoms with E-state index in [0.29, 0.717) is 12.1 Å². The number of hydrogen-bond donors (Lipinski definition) is 1. The molecule has 0 saturated heterocycles. The van der Waals surface area contributed by atoms with E-state index in [1.165, 1.54) is 0 Å². The zero-order valence-electron chi connectivity index (χ0n) is 11.4. The van der Waals surface area contributed by atoms with Crippen molar-refractivity contribution in [2.24, 2.45) is 5.92 Å². The molecule has 1 atom stereocenters. The second-order valence-corrected chi connectivity index (χ2v) is 3.47. The normalized spacial score (nSPS) is 16.2. The zero-order chi connectivity index (χ0) is 13.1. The molecule has 0 aliphatic rings. The summed E-state index contributed by atoms with van der Waals surface area (Å²) in [4.78, 5) is 0.